The molecule has 1 aliphatic rings. The van der Waals surface area contributed by atoms with Crippen LogP contribution in [-0.4, -0.2) is 16.3 Å². The highest BCUT2D eigenvalue weighted by Crippen LogP contribution is 2.40. The van der Waals surface area contributed by atoms with Gasteiger partial charge < -0.3 is 10.6 Å². The van der Waals surface area contributed by atoms with Crippen molar-refractivity contribution < 1.29 is 0 Å². The first-order valence-electron chi connectivity index (χ1n) is 7.75. The second-order valence-corrected chi connectivity index (χ2v) is 6.12. The number of hydrogen-bond acceptors (Lipinski definition) is 3. The average molecular weight is 284 g/mol. The summed E-state index contributed by atoms with van der Waals surface area (Å²) in [6.45, 7) is 7.35. The maximum atomic E-state index is 6.34. The molecule has 2 aromatic rings. The van der Waals surface area contributed by atoms with Crippen molar-refractivity contribution in [1.82, 2.24) is 9.78 Å². The number of aromatic nitrogens is 2. The molecule has 3 rings (SSSR count). The topological polar surface area (TPSA) is 47.1 Å². The van der Waals surface area contributed by atoms with Crippen molar-refractivity contribution in [2.24, 2.45) is 0 Å². The molecule has 0 saturated carbocycles. The summed E-state index contributed by atoms with van der Waals surface area (Å²) in [5.41, 5.74) is 9.45. The maximum absolute atomic E-state index is 6.34. The number of hydrogen-bond donors (Lipinski definition) is 1. The molecule has 0 aliphatic carbocycles. The molecule has 112 valence electrons. The Kier molecular flexibility index (Phi) is 3.62. The summed E-state index contributed by atoms with van der Waals surface area (Å²) in [6, 6.07) is 11.4. The van der Waals surface area contributed by atoms with Crippen LogP contribution in [-0.2, 0) is 0 Å². The van der Waals surface area contributed by atoms with Crippen molar-refractivity contribution in [2.45, 2.75) is 45.7 Å². The normalized spacial score (nSPS) is 18.7. The number of rotatable bonds is 3. The molecule has 1 fully saturated rings. The van der Waals surface area contributed by atoms with Crippen LogP contribution in [0, 0.1) is 6.92 Å². The molecule has 1 aromatic carbocycles. The molecule has 1 unspecified atom stereocenters. The highest BCUT2D eigenvalue weighted by molar-refractivity contribution is 5.67. The lowest BCUT2D eigenvalue weighted by Crippen LogP contribution is -2.26. The lowest BCUT2D eigenvalue weighted by molar-refractivity contribution is 0.519. The van der Waals surface area contributed by atoms with E-state index in [1.165, 1.54) is 18.4 Å². The van der Waals surface area contributed by atoms with Crippen LogP contribution in [0.2, 0.25) is 0 Å². The van der Waals surface area contributed by atoms with E-state index in [2.05, 4.69) is 58.9 Å². The van der Waals surface area contributed by atoms with Crippen molar-refractivity contribution in [3.05, 3.63) is 41.6 Å². The molecule has 2 N–H and O–H groups in total. The van der Waals surface area contributed by atoms with E-state index >= 15 is 0 Å². The van der Waals surface area contributed by atoms with E-state index in [1.807, 2.05) is 6.92 Å². The molecule has 1 aliphatic heterocycles. The van der Waals surface area contributed by atoms with Crippen LogP contribution >= 0.6 is 0 Å². The summed E-state index contributed by atoms with van der Waals surface area (Å²) >= 11 is 0. The van der Waals surface area contributed by atoms with E-state index in [-0.39, 0.29) is 0 Å². The zero-order valence-electron chi connectivity index (χ0n) is 13.1. The predicted molar refractivity (Wildman–Crippen MR) is 87.5 cm³/mol. The summed E-state index contributed by atoms with van der Waals surface area (Å²) in [5, 5.41) is 4.63. The molecule has 1 aromatic heterocycles. The van der Waals surface area contributed by atoms with Gasteiger partial charge in [0, 0.05) is 12.6 Å². The third kappa shape index (κ3) is 2.39. The van der Waals surface area contributed by atoms with Crippen LogP contribution in [0.25, 0.3) is 0 Å². The van der Waals surface area contributed by atoms with Gasteiger partial charge in [-0.15, -0.1) is 0 Å². The Morgan fingerprint density at radius 1 is 1.24 bits per heavy atom. The number of benzene rings is 1. The van der Waals surface area contributed by atoms with Crippen molar-refractivity contribution in [3.8, 4) is 0 Å². The highest BCUT2D eigenvalue weighted by Gasteiger charge is 2.31. The maximum Gasteiger partial charge on any atom is 0.151 e. The molecule has 1 saturated heterocycles. The van der Waals surface area contributed by atoms with Gasteiger partial charge in [-0.05, 0) is 39.2 Å². The Morgan fingerprint density at radius 2 is 1.95 bits per heavy atom. The molecular weight excluding hydrogens is 260 g/mol. The SMILES string of the molecule is Cc1nn(C(C)C)c(N2CCCC2c2ccccc2)c1N. The summed E-state index contributed by atoms with van der Waals surface area (Å²) in [5.74, 6) is 1.09. The van der Waals surface area contributed by atoms with Gasteiger partial charge in [0.1, 0.15) is 0 Å². The third-order valence-electron chi connectivity index (χ3n) is 4.30. The van der Waals surface area contributed by atoms with Crippen LogP contribution in [0.4, 0.5) is 11.5 Å². The van der Waals surface area contributed by atoms with Crippen molar-refractivity contribution in [1.29, 1.82) is 0 Å². The summed E-state index contributed by atoms with van der Waals surface area (Å²) in [6.07, 6.45) is 2.37. The van der Waals surface area contributed by atoms with Gasteiger partial charge in [-0.1, -0.05) is 30.3 Å². The van der Waals surface area contributed by atoms with Crippen molar-refractivity contribution >= 4 is 11.5 Å². The van der Waals surface area contributed by atoms with E-state index in [1.54, 1.807) is 0 Å². The Hall–Kier alpha value is -1.97. The minimum atomic E-state index is 0.313. The first kappa shape index (κ1) is 14.0. The predicted octanol–water partition coefficient (Wildman–Crippen LogP) is 3.70. The fraction of sp³-hybridized carbons (Fsp3) is 0.471. The molecule has 0 radical (unpaired) electrons. The largest absolute Gasteiger partial charge is 0.394 e. The first-order chi connectivity index (χ1) is 10.1. The second kappa shape index (κ2) is 5.43. The molecule has 4 heteroatoms. The van der Waals surface area contributed by atoms with Gasteiger partial charge in [-0.25, -0.2) is 4.68 Å². The Labute approximate surface area is 126 Å². The quantitative estimate of drug-likeness (QED) is 0.935. The van der Waals surface area contributed by atoms with Crippen molar-refractivity contribution in [2.75, 3.05) is 17.2 Å². The van der Waals surface area contributed by atoms with Gasteiger partial charge in [-0.2, -0.15) is 5.10 Å². The second-order valence-electron chi connectivity index (χ2n) is 6.12. The number of nitrogens with zero attached hydrogens (tertiary/aromatic N) is 3. The lowest BCUT2D eigenvalue weighted by atomic mass is 10.0. The van der Waals surface area contributed by atoms with Crippen LogP contribution in [0.3, 0.4) is 0 Å². The number of anilines is 2. The summed E-state index contributed by atoms with van der Waals surface area (Å²) < 4.78 is 2.08. The first-order valence-corrected chi connectivity index (χ1v) is 7.75. The molecule has 0 amide bonds. The molecule has 0 bridgehead atoms. The summed E-state index contributed by atoms with van der Waals surface area (Å²) in [4.78, 5) is 2.44. The van der Waals surface area contributed by atoms with E-state index < -0.39 is 0 Å². The molecule has 1 atom stereocenters. The van der Waals surface area contributed by atoms with Gasteiger partial charge in [0.05, 0.1) is 17.4 Å². The monoisotopic (exact) mass is 284 g/mol. The zero-order valence-corrected chi connectivity index (χ0v) is 13.1. The van der Waals surface area contributed by atoms with E-state index in [9.17, 15) is 0 Å². The van der Waals surface area contributed by atoms with E-state index in [0.717, 1.165) is 23.7 Å². The molecule has 4 nitrogen and oxygen atoms in total. The molecule has 2 heterocycles. The minimum absolute atomic E-state index is 0.313. The standard InChI is InChI=1S/C17H24N4/c1-12(2)21-17(16(18)13(3)19-21)20-11-7-10-15(20)14-8-5-4-6-9-14/h4-6,8-9,12,15H,7,10-11,18H2,1-3H3. The smallest absolute Gasteiger partial charge is 0.151 e. The third-order valence-corrected chi connectivity index (χ3v) is 4.30. The van der Waals surface area contributed by atoms with E-state index in [4.69, 9.17) is 5.73 Å². The Balaban J connectivity index is 2.03. The average Bonchev–Trinajstić information content (AvgIpc) is 3.06. The highest BCUT2D eigenvalue weighted by atomic mass is 15.4. The zero-order chi connectivity index (χ0) is 15.0. The number of nitrogens with two attached hydrogens (primary N) is 1. The van der Waals surface area contributed by atoms with Gasteiger partial charge in [0.25, 0.3) is 0 Å². The van der Waals surface area contributed by atoms with Crippen LogP contribution < -0.4 is 10.6 Å². The fourth-order valence-corrected chi connectivity index (χ4v) is 3.24. The Morgan fingerprint density at radius 3 is 2.62 bits per heavy atom. The lowest BCUT2D eigenvalue weighted by Gasteiger charge is -2.29. The van der Waals surface area contributed by atoms with Gasteiger partial charge in [-0.3, -0.25) is 0 Å². The van der Waals surface area contributed by atoms with Crippen LogP contribution in [0.1, 0.15) is 50.0 Å². The van der Waals surface area contributed by atoms with E-state index in [0.29, 0.717) is 12.1 Å². The minimum Gasteiger partial charge on any atom is -0.394 e. The molecule has 21 heavy (non-hydrogen) atoms. The molecule has 0 spiro atoms. The number of aryl methyl sites for hydroxylation is 1. The van der Waals surface area contributed by atoms with Gasteiger partial charge >= 0.3 is 0 Å². The fourth-order valence-electron chi connectivity index (χ4n) is 3.24. The van der Waals surface area contributed by atoms with Crippen molar-refractivity contribution in [3.63, 3.8) is 0 Å². The van der Waals surface area contributed by atoms with Gasteiger partial charge in [0.2, 0.25) is 0 Å². The Bertz CT molecular complexity index is 615. The van der Waals surface area contributed by atoms with Crippen LogP contribution in [0.5, 0.6) is 0 Å². The van der Waals surface area contributed by atoms with Crippen LogP contribution in [0.15, 0.2) is 30.3 Å². The van der Waals surface area contributed by atoms with Gasteiger partial charge in [0.15, 0.2) is 5.82 Å². The summed E-state index contributed by atoms with van der Waals surface area (Å²) in [7, 11) is 0. The molecular formula is C17H24N4. The number of nitrogen functional groups attached to an aromatic ring is 1.